The predicted molar refractivity (Wildman–Crippen MR) is 82.5 cm³/mol. The van der Waals surface area contributed by atoms with Gasteiger partial charge in [-0.25, -0.2) is 0 Å². The lowest BCUT2D eigenvalue weighted by molar-refractivity contribution is -0.123. The number of carbonyl (C=O) groups is 1. The van der Waals surface area contributed by atoms with Gasteiger partial charge in [-0.05, 0) is 31.4 Å². The topological polar surface area (TPSA) is 56.1 Å². The minimum Gasteiger partial charge on any atom is -0.354 e. The third kappa shape index (κ3) is 4.87. The number of likely N-dealkylation sites (N-methyl/N-ethyl adjacent to an activating group) is 1. The van der Waals surface area contributed by atoms with Gasteiger partial charge in [0.05, 0.1) is 6.07 Å². The van der Waals surface area contributed by atoms with Crippen molar-refractivity contribution >= 4 is 5.91 Å². The van der Waals surface area contributed by atoms with Crippen molar-refractivity contribution in [2.24, 2.45) is 5.92 Å². The van der Waals surface area contributed by atoms with Crippen molar-refractivity contribution in [3.63, 3.8) is 0 Å². The average Bonchev–Trinajstić information content (AvgIpc) is 3.34. The number of benzene rings is 1. The molecule has 0 bridgehead atoms. The molecule has 1 aromatic carbocycles. The summed E-state index contributed by atoms with van der Waals surface area (Å²) in [5, 5.41) is 12.1. The molecule has 1 aromatic rings. The van der Waals surface area contributed by atoms with Crippen LogP contribution in [0.15, 0.2) is 30.3 Å². The maximum Gasteiger partial charge on any atom is 0.237 e. The van der Waals surface area contributed by atoms with Crippen LogP contribution in [-0.4, -0.2) is 36.5 Å². The van der Waals surface area contributed by atoms with Crippen LogP contribution in [-0.2, 0) is 11.2 Å². The van der Waals surface area contributed by atoms with Crippen LogP contribution in [0.4, 0.5) is 0 Å². The van der Waals surface area contributed by atoms with Crippen molar-refractivity contribution in [1.29, 1.82) is 5.26 Å². The molecule has 1 saturated carbocycles. The first-order valence-electron chi connectivity index (χ1n) is 7.70. The SMILES string of the molecule is CCN(CCNC(=O)C(C#N)Cc1ccccc1)C1CC1. The van der Waals surface area contributed by atoms with E-state index in [0.717, 1.165) is 18.7 Å². The van der Waals surface area contributed by atoms with E-state index in [4.69, 9.17) is 0 Å². The van der Waals surface area contributed by atoms with Crippen molar-refractivity contribution in [1.82, 2.24) is 10.2 Å². The Bertz CT molecular complexity index is 491. The van der Waals surface area contributed by atoms with Crippen molar-refractivity contribution in [2.75, 3.05) is 19.6 Å². The van der Waals surface area contributed by atoms with Gasteiger partial charge in [-0.3, -0.25) is 9.69 Å². The normalized spacial score (nSPS) is 15.5. The van der Waals surface area contributed by atoms with Crippen LogP contribution in [0.5, 0.6) is 0 Å². The van der Waals surface area contributed by atoms with Crippen LogP contribution < -0.4 is 5.32 Å². The van der Waals surface area contributed by atoms with E-state index in [-0.39, 0.29) is 5.91 Å². The lowest BCUT2D eigenvalue weighted by Crippen LogP contribution is -2.38. The first kappa shape index (κ1) is 15.5. The summed E-state index contributed by atoms with van der Waals surface area (Å²) in [7, 11) is 0. The number of nitriles is 1. The average molecular weight is 285 g/mol. The largest absolute Gasteiger partial charge is 0.354 e. The molecule has 1 N–H and O–H groups in total. The predicted octanol–water partition coefficient (Wildman–Crippen LogP) is 1.97. The molecule has 112 valence electrons. The van der Waals surface area contributed by atoms with E-state index in [1.54, 1.807) is 0 Å². The molecule has 0 aromatic heterocycles. The summed E-state index contributed by atoms with van der Waals surface area (Å²) in [6.07, 6.45) is 3.02. The van der Waals surface area contributed by atoms with Gasteiger partial charge in [-0.15, -0.1) is 0 Å². The number of nitrogens with one attached hydrogen (secondary N) is 1. The zero-order chi connectivity index (χ0) is 15.1. The molecule has 1 amide bonds. The zero-order valence-corrected chi connectivity index (χ0v) is 12.6. The fourth-order valence-corrected chi connectivity index (χ4v) is 2.53. The molecule has 0 saturated heterocycles. The molecule has 1 fully saturated rings. The van der Waals surface area contributed by atoms with Gasteiger partial charge in [-0.2, -0.15) is 5.26 Å². The van der Waals surface area contributed by atoms with Crippen molar-refractivity contribution in [2.45, 2.75) is 32.2 Å². The minimum absolute atomic E-state index is 0.159. The standard InChI is InChI=1S/C17H23N3O/c1-2-20(16-8-9-16)11-10-19-17(21)15(13-18)12-14-6-4-3-5-7-14/h3-7,15-16H,2,8-12H2,1H3,(H,19,21). The smallest absolute Gasteiger partial charge is 0.237 e. The van der Waals surface area contributed by atoms with Crippen LogP contribution in [0, 0.1) is 17.2 Å². The van der Waals surface area contributed by atoms with Crippen LogP contribution in [0.25, 0.3) is 0 Å². The lowest BCUT2D eigenvalue weighted by atomic mass is 10.00. The highest BCUT2D eigenvalue weighted by Gasteiger charge is 2.27. The van der Waals surface area contributed by atoms with E-state index < -0.39 is 5.92 Å². The molecule has 21 heavy (non-hydrogen) atoms. The van der Waals surface area contributed by atoms with Crippen LogP contribution in [0.3, 0.4) is 0 Å². The Balaban J connectivity index is 1.76. The van der Waals surface area contributed by atoms with Gasteiger partial charge in [-0.1, -0.05) is 37.3 Å². The van der Waals surface area contributed by atoms with E-state index in [9.17, 15) is 10.1 Å². The summed E-state index contributed by atoms with van der Waals surface area (Å²) in [6.45, 7) is 4.66. The van der Waals surface area contributed by atoms with Crippen LogP contribution in [0.1, 0.15) is 25.3 Å². The number of rotatable bonds is 8. The van der Waals surface area contributed by atoms with Gasteiger partial charge >= 0.3 is 0 Å². The molecule has 0 aliphatic heterocycles. The molecule has 0 spiro atoms. The number of amides is 1. The second-order valence-electron chi connectivity index (χ2n) is 5.52. The molecule has 1 aliphatic rings. The van der Waals surface area contributed by atoms with E-state index in [1.807, 2.05) is 30.3 Å². The highest BCUT2D eigenvalue weighted by molar-refractivity contribution is 5.81. The summed E-state index contributed by atoms with van der Waals surface area (Å²) >= 11 is 0. The Morgan fingerprint density at radius 1 is 1.43 bits per heavy atom. The lowest BCUT2D eigenvalue weighted by Gasteiger charge is -2.20. The molecule has 4 heteroatoms. The van der Waals surface area contributed by atoms with E-state index in [1.165, 1.54) is 12.8 Å². The second-order valence-corrected chi connectivity index (χ2v) is 5.52. The van der Waals surface area contributed by atoms with Crippen molar-refractivity contribution in [3.8, 4) is 6.07 Å². The molecule has 1 aliphatic carbocycles. The monoisotopic (exact) mass is 285 g/mol. The second kappa shape index (κ2) is 7.80. The molecule has 1 atom stereocenters. The minimum atomic E-state index is -0.608. The van der Waals surface area contributed by atoms with Gasteiger partial charge in [0.2, 0.25) is 5.91 Å². The van der Waals surface area contributed by atoms with Crippen molar-refractivity contribution < 1.29 is 4.79 Å². The number of hydrogen-bond donors (Lipinski definition) is 1. The highest BCUT2D eigenvalue weighted by atomic mass is 16.1. The zero-order valence-electron chi connectivity index (χ0n) is 12.6. The van der Waals surface area contributed by atoms with E-state index in [0.29, 0.717) is 19.0 Å². The fourth-order valence-electron chi connectivity index (χ4n) is 2.53. The maximum absolute atomic E-state index is 12.1. The summed E-state index contributed by atoms with van der Waals surface area (Å²) < 4.78 is 0. The van der Waals surface area contributed by atoms with Crippen molar-refractivity contribution in [3.05, 3.63) is 35.9 Å². The summed E-state index contributed by atoms with van der Waals surface area (Å²) in [5.41, 5.74) is 1.02. The summed E-state index contributed by atoms with van der Waals surface area (Å²) in [5.74, 6) is -0.767. The molecular formula is C17H23N3O. The maximum atomic E-state index is 12.1. The summed E-state index contributed by atoms with van der Waals surface area (Å²) in [4.78, 5) is 14.5. The molecule has 0 radical (unpaired) electrons. The highest BCUT2D eigenvalue weighted by Crippen LogP contribution is 2.25. The van der Waals surface area contributed by atoms with E-state index in [2.05, 4.69) is 23.2 Å². The van der Waals surface area contributed by atoms with Gasteiger partial charge in [0.15, 0.2) is 0 Å². The molecule has 2 rings (SSSR count). The molecule has 0 heterocycles. The Labute approximate surface area is 126 Å². The summed E-state index contributed by atoms with van der Waals surface area (Å²) in [6, 6.07) is 12.5. The number of carbonyl (C=O) groups excluding carboxylic acids is 1. The van der Waals surface area contributed by atoms with Crippen LogP contribution in [0.2, 0.25) is 0 Å². The third-order valence-electron chi connectivity index (χ3n) is 3.92. The Hall–Kier alpha value is -1.86. The van der Waals surface area contributed by atoms with Crippen LogP contribution >= 0.6 is 0 Å². The molecule has 1 unspecified atom stereocenters. The van der Waals surface area contributed by atoms with Gasteiger partial charge in [0.1, 0.15) is 5.92 Å². The van der Waals surface area contributed by atoms with Gasteiger partial charge in [0, 0.05) is 19.1 Å². The first-order chi connectivity index (χ1) is 10.2. The number of hydrogen-bond acceptors (Lipinski definition) is 3. The third-order valence-corrected chi connectivity index (χ3v) is 3.92. The first-order valence-corrected chi connectivity index (χ1v) is 7.70. The molecular weight excluding hydrogens is 262 g/mol. The Kier molecular flexibility index (Phi) is 5.77. The molecule has 4 nitrogen and oxygen atoms in total. The fraction of sp³-hybridized carbons (Fsp3) is 0.529. The Morgan fingerprint density at radius 2 is 2.14 bits per heavy atom. The van der Waals surface area contributed by atoms with Gasteiger partial charge in [0.25, 0.3) is 0 Å². The number of nitrogens with zero attached hydrogens (tertiary/aromatic N) is 2. The quantitative estimate of drug-likeness (QED) is 0.794. The van der Waals surface area contributed by atoms with E-state index >= 15 is 0 Å². The van der Waals surface area contributed by atoms with Gasteiger partial charge < -0.3 is 5.32 Å². The Morgan fingerprint density at radius 3 is 2.71 bits per heavy atom.